The number of aromatic nitrogens is 1. The number of nitrogens with two attached hydrogens (primary N) is 2. The van der Waals surface area contributed by atoms with Crippen LogP contribution in [-0.4, -0.2) is 4.98 Å². The van der Waals surface area contributed by atoms with E-state index < -0.39 is 0 Å². The van der Waals surface area contributed by atoms with Crippen molar-refractivity contribution in [3.8, 4) is 0 Å². The van der Waals surface area contributed by atoms with Crippen molar-refractivity contribution in [2.75, 3.05) is 5.73 Å². The van der Waals surface area contributed by atoms with E-state index in [1.54, 1.807) is 0 Å². The van der Waals surface area contributed by atoms with Gasteiger partial charge in [0.05, 0.1) is 0 Å². The van der Waals surface area contributed by atoms with Crippen LogP contribution in [0.1, 0.15) is 5.69 Å². The number of hydrogen-bond donors (Lipinski definition) is 3. The van der Waals surface area contributed by atoms with Crippen LogP contribution in [-0.2, 0) is 6.54 Å². The Bertz CT molecular complexity index is 447. The predicted octanol–water partition coefficient (Wildman–Crippen LogP) is 1.97. The molecule has 0 bridgehead atoms. The summed E-state index contributed by atoms with van der Waals surface area (Å²) in [7, 11) is 0. The summed E-state index contributed by atoms with van der Waals surface area (Å²) in [5, 5.41) is 1.12. The van der Waals surface area contributed by atoms with Crippen LogP contribution in [0, 0.1) is 0 Å². The summed E-state index contributed by atoms with van der Waals surface area (Å²) >= 11 is 3.48. The third kappa shape index (κ3) is 1.32. The van der Waals surface area contributed by atoms with Crippen molar-refractivity contribution in [2.24, 2.45) is 5.73 Å². The molecule has 5 N–H and O–H groups in total. The number of nitrogen functional groups attached to an aromatic ring is 1. The first-order valence-electron chi connectivity index (χ1n) is 3.98. The van der Waals surface area contributed by atoms with E-state index >= 15 is 0 Å². The smallest absolute Gasteiger partial charge is 0.0488 e. The van der Waals surface area contributed by atoms with Crippen LogP contribution < -0.4 is 11.5 Å². The molecule has 13 heavy (non-hydrogen) atoms. The maximum Gasteiger partial charge on any atom is 0.0488 e. The number of nitrogens with one attached hydrogen (secondary N) is 1. The monoisotopic (exact) mass is 239 g/mol. The molecule has 0 aliphatic rings. The Balaban J connectivity index is 2.76. The molecule has 0 saturated carbocycles. The molecule has 0 aliphatic carbocycles. The van der Waals surface area contributed by atoms with Crippen molar-refractivity contribution in [3.05, 3.63) is 28.4 Å². The van der Waals surface area contributed by atoms with Crippen LogP contribution in [0.25, 0.3) is 10.9 Å². The van der Waals surface area contributed by atoms with Crippen molar-refractivity contribution in [1.82, 2.24) is 4.98 Å². The minimum Gasteiger partial charge on any atom is -0.399 e. The van der Waals surface area contributed by atoms with Gasteiger partial charge in [-0.15, -0.1) is 0 Å². The average molecular weight is 240 g/mol. The topological polar surface area (TPSA) is 67.8 Å². The first kappa shape index (κ1) is 8.59. The highest BCUT2D eigenvalue weighted by Gasteiger charge is 2.06. The number of H-pyrrole nitrogens is 1. The summed E-state index contributed by atoms with van der Waals surface area (Å²) in [4.78, 5) is 3.20. The molecule has 0 atom stereocenters. The van der Waals surface area contributed by atoms with E-state index in [0.717, 1.165) is 26.8 Å². The summed E-state index contributed by atoms with van der Waals surface area (Å²) in [5.74, 6) is 0. The first-order chi connectivity index (χ1) is 6.22. The molecule has 68 valence electrons. The third-order valence-corrected chi connectivity index (χ3v) is 2.94. The van der Waals surface area contributed by atoms with Gasteiger partial charge in [0.15, 0.2) is 0 Å². The van der Waals surface area contributed by atoms with Gasteiger partial charge in [-0.2, -0.15) is 0 Å². The maximum absolute atomic E-state index is 5.66. The van der Waals surface area contributed by atoms with Gasteiger partial charge in [0.1, 0.15) is 0 Å². The molecular formula is C9H10BrN3. The quantitative estimate of drug-likeness (QED) is 0.667. The van der Waals surface area contributed by atoms with Crippen LogP contribution in [0.3, 0.4) is 0 Å². The summed E-state index contributed by atoms with van der Waals surface area (Å²) in [6, 6.07) is 5.75. The highest BCUT2D eigenvalue weighted by Crippen LogP contribution is 2.28. The number of hydrogen-bond acceptors (Lipinski definition) is 2. The van der Waals surface area contributed by atoms with E-state index in [2.05, 4.69) is 20.9 Å². The van der Waals surface area contributed by atoms with Gasteiger partial charge in [0, 0.05) is 33.3 Å². The van der Waals surface area contributed by atoms with Gasteiger partial charge < -0.3 is 16.5 Å². The van der Waals surface area contributed by atoms with Gasteiger partial charge in [-0.25, -0.2) is 0 Å². The van der Waals surface area contributed by atoms with E-state index in [9.17, 15) is 0 Å². The van der Waals surface area contributed by atoms with Crippen LogP contribution in [0.15, 0.2) is 22.7 Å². The summed E-state index contributed by atoms with van der Waals surface area (Å²) in [6.07, 6.45) is 0. The third-order valence-electron chi connectivity index (χ3n) is 2.03. The second-order valence-corrected chi connectivity index (χ2v) is 3.72. The molecular weight excluding hydrogens is 230 g/mol. The predicted molar refractivity (Wildman–Crippen MR) is 58.3 cm³/mol. The molecule has 0 radical (unpaired) electrons. The SMILES string of the molecule is NCc1[nH]c2cc(N)ccc2c1Br. The Morgan fingerprint density at radius 3 is 2.85 bits per heavy atom. The second-order valence-electron chi connectivity index (χ2n) is 2.93. The zero-order valence-electron chi connectivity index (χ0n) is 6.97. The Morgan fingerprint density at radius 2 is 2.15 bits per heavy atom. The minimum atomic E-state index is 0.495. The summed E-state index contributed by atoms with van der Waals surface area (Å²) in [6.45, 7) is 0.495. The Morgan fingerprint density at radius 1 is 1.38 bits per heavy atom. The van der Waals surface area contributed by atoms with Gasteiger partial charge in [0.25, 0.3) is 0 Å². The largest absolute Gasteiger partial charge is 0.399 e. The van der Waals surface area contributed by atoms with E-state index in [-0.39, 0.29) is 0 Å². The molecule has 2 aromatic rings. The van der Waals surface area contributed by atoms with Crippen LogP contribution >= 0.6 is 15.9 Å². The number of benzene rings is 1. The van der Waals surface area contributed by atoms with Crippen molar-refractivity contribution in [2.45, 2.75) is 6.54 Å². The lowest BCUT2D eigenvalue weighted by Crippen LogP contribution is -1.96. The molecule has 1 aromatic carbocycles. The standard InChI is InChI=1S/C9H10BrN3/c10-9-6-2-1-5(12)3-7(6)13-8(9)4-11/h1-3,13H,4,11-12H2. The zero-order chi connectivity index (χ0) is 9.42. The van der Waals surface area contributed by atoms with Crippen LogP contribution in [0.4, 0.5) is 5.69 Å². The minimum absolute atomic E-state index is 0.495. The maximum atomic E-state index is 5.66. The van der Waals surface area contributed by atoms with Gasteiger partial charge in [-0.1, -0.05) is 0 Å². The highest BCUT2D eigenvalue weighted by molar-refractivity contribution is 9.10. The molecule has 0 aliphatic heterocycles. The summed E-state index contributed by atoms with van der Waals surface area (Å²) < 4.78 is 1.03. The van der Waals surface area contributed by atoms with E-state index in [4.69, 9.17) is 11.5 Å². The van der Waals surface area contributed by atoms with Crippen LogP contribution in [0.2, 0.25) is 0 Å². The average Bonchev–Trinajstić information content (AvgIpc) is 2.42. The van der Waals surface area contributed by atoms with Gasteiger partial charge >= 0.3 is 0 Å². The lowest BCUT2D eigenvalue weighted by molar-refractivity contribution is 1.01. The molecule has 1 heterocycles. The van der Waals surface area contributed by atoms with Crippen molar-refractivity contribution in [1.29, 1.82) is 0 Å². The molecule has 1 aromatic heterocycles. The van der Waals surface area contributed by atoms with Crippen molar-refractivity contribution < 1.29 is 0 Å². The molecule has 0 amide bonds. The van der Waals surface area contributed by atoms with Gasteiger partial charge in [-0.05, 0) is 34.1 Å². The molecule has 0 unspecified atom stereocenters. The Labute approximate surface area is 84.2 Å². The summed E-state index contributed by atoms with van der Waals surface area (Å²) in [5.41, 5.74) is 14.0. The van der Waals surface area contributed by atoms with E-state index in [1.165, 1.54) is 0 Å². The Kier molecular flexibility index (Phi) is 2.01. The molecule has 2 rings (SSSR count). The first-order valence-corrected chi connectivity index (χ1v) is 4.77. The van der Waals surface area contributed by atoms with E-state index in [1.807, 2.05) is 18.2 Å². The fourth-order valence-corrected chi connectivity index (χ4v) is 1.98. The molecule has 0 spiro atoms. The number of aromatic amines is 1. The fraction of sp³-hybridized carbons (Fsp3) is 0.111. The van der Waals surface area contributed by atoms with Crippen LogP contribution in [0.5, 0.6) is 0 Å². The van der Waals surface area contributed by atoms with E-state index in [0.29, 0.717) is 6.54 Å². The molecule has 0 fully saturated rings. The second kappa shape index (κ2) is 3.05. The number of rotatable bonds is 1. The number of anilines is 1. The van der Waals surface area contributed by atoms with Crippen molar-refractivity contribution in [3.63, 3.8) is 0 Å². The molecule has 4 heteroatoms. The number of fused-ring (bicyclic) bond motifs is 1. The highest BCUT2D eigenvalue weighted by atomic mass is 79.9. The fourth-order valence-electron chi connectivity index (χ4n) is 1.38. The van der Waals surface area contributed by atoms with Gasteiger partial charge in [0.2, 0.25) is 0 Å². The molecule has 0 saturated heterocycles. The van der Waals surface area contributed by atoms with Crippen molar-refractivity contribution >= 4 is 32.5 Å². The van der Waals surface area contributed by atoms with Gasteiger partial charge in [-0.3, -0.25) is 0 Å². The normalized spacial score (nSPS) is 10.9. The lowest BCUT2D eigenvalue weighted by atomic mass is 10.2. The lowest BCUT2D eigenvalue weighted by Gasteiger charge is -1.92. The zero-order valence-corrected chi connectivity index (χ0v) is 8.56. The number of halogens is 1. The molecule has 3 nitrogen and oxygen atoms in total. The Hall–Kier alpha value is -1.000.